The minimum atomic E-state index is -0.314. The van der Waals surface area contributed by atoms with Crippen LogP contribution in [0.2, 0.25) is 0 Å². The lowest BCUT2D eigenvalue weighted by Gasteiger charge is -2.06. The van der Waals surface area contributed by atoms with Crippen molar-refractivity contribution in [3.8, 4) is 22.9 Å². The summed E-state index contributed by atoms with van der Waals surface area (Å²) in [5.41, 5.74) is 2.76. The molecule has 4 nitrogen and oxygen atoms in total. The number of halogens is 1. The molecule has 2 heterocycles. The van der Waals surface area contributed by atoms with Crippen molar-refractivity contribution >= 4 is 0 Å². The molecule has 1 aromatic carbocycles. The number of benzene rings is 1. The molecule has 104 valence electrons. The fraction of sp³-hybridized carbons (Fsp3) is 0.0625. The number of pyridine rings is 1. The zero-order valence-corrected chi connectivity index (χ0v) is 11.3. The number of aromatic nitrogens is 3. The van der Waals surface area contributed by atoms with Gasteiger partial charge in [-0.3, -0.25) is 4.98 Å². The van der Waals surface area contributed by atoms with Crippen LogP contribution < -0.4 is 4.74 Å². The fourth-order valence-electron chi connectivity index (χ4n) is 1.91. The molecule has 0 bridgehead atoms. The minimum absolute atomic E-state index is 0.215. The molecule has 0 amide bonds. The van der Waals surface area contributed by atoms with Crippen molar-refractivity contribution in [1.82, 2.24) is 15.0 Å². The average molecular weight is 281 g/mol. The van der Waals surface area contributed by atoms with Gasteiger partial charge >= 0.3 is 6.01 Å². The van der Waals surface area contributed by atoms with E-state index in [1.807, 2.05) is 19.1 Å². The van der Waals surface area contributed by atoms with Gasteiger partial charge in [-0.25, -0.2) is 14.4 Å². The van der Waals surface area contributed by atoms with Gasteiger partial charge < -0.3 is 4.74 Å². The van der Waals surface area contributed by atoms with Gasteiger partial charge in [-0.1, -0.05) is 6.07 Å². The van der Waals surface area contributed by atoms with E-state index in [1.54, 1.807) is 18.6 Å². The maximum atomic E-state index is 12.8. The third-order valence-electron chi connectivity index (χ3n) is 2.97. The van der Waals surface area contributed by atoms with E-state index in [1.165, 1.54) is 24.3 Å². The van der Waals surface area contributed by atoms with E-state index in [0.717, 1.165) is 16.8 Å². The van der Waals surface area contributed by atoms with Gasteiger partial charge in [0.1, 0.15) is 11.6 Å². The van der Waals surface area contributed by atoms with Gasteiger partial charge in [-0.05, 0) is 37.3 Å². The fourth-order valence-corrected chi connectivity index (χ4v) is 1.91. The predicted octanol–water partition coefficient (Wildman–Crippen LogP) is 3.78. The Morgan fingerprint density at radius 2 is 1.67 bits per heavy atom. The van der Waals surface area contributed by atoms with Crippen molar-refractivity contribution in [1.29, 1.82) is 0 Å². The molecule has 0 unspecified atom stereocenters. The van der Waals surface area contributed by atoms with Gasteiger partial charge in [-0.2, -0.15) is 0 Å². The lowest BCUT2D eigenvalue weighted by atomic mass is 10.1. The first-order chi connectivity index (χ1) is 10.2. The Hall–Kier alpha value is -2.82. The zero-order valence-electron chi connectivity index (χ0n) is 11.3. The molecule has 0 saturated heterocycles. The minimum Gasteiger partial charge on any atom is -0.424 e. The van der Waals surface area contributed by atoms with Crippen LogP contribution >= 0.6 is 0 Å². The molecule has 3 rings (SSSR count). The van der Waals surface area contributed by atoms with E-state index in [-0.39, 0.29) is 11.8 Å². The van der Waals surface area contributed by atoms with Crippen LogP contribution in [0.5, 0.6) is 11.8 Å². The van der Waals surface area contributed by atoms with Gasteiger partial charge in [-0.15, -0.1) is 0 Å². The Labute approximate surface area is 121 Å². The summed E-state index contributed by atoms with van der Waals surface area (Å²) in [6, 6.07) is 9.74. The summed E-state index contributed by atoms with van der Waals surface area (Å²) in [6.07, 6.45) is 5.09. The first kappa shape index (κ1) is 13.2. The second-order valence-corrected chi connectivity index (χ2v) is 4.45. The maximum Gasteiger partial charge on any atom is 0.321 e. The molecule has 0 aliphatic rings. The number of aryl methyl sites for hydroxylation is 1. The van der Waals surface area contributed by atoms with Gasteiger partial charge in [0.2, 0.25) is 0 Å². The number of hydrogen-bond donors (Lipinski definition) is 0. The highest BCUT2D eigenvalue weighted by Crippen LogP contribution is 2.22. The molecule has 0 spiro atoms. The summed E-state index contributed by atoms with van der Waals surface area (Å²) in [4.78, 5) is 12.5. The monoisotopic (exact) mass is 281 g/mol. The van der Waals surface area contributed by atoms with Crippen molar-refractivity contribution in [2.45, 2.75) is 6.92 Å². The Balaban J connectivity index is 1.81. The highest BCUT2D eigenvalue weighted by Gasteiger charge is 2.05. The topological polar surface area (TPSA) is 47.9 Å². The number of rotatable bonds is 3. The van der Waals surface area contributed by atoms with Gasteiger partial charge in [0, 0.05) is 35.4 Å². The van der Waals surface area contributed by atoms with Crippen LogP contribution in [-0.2, 0) is 0 Å². The number of nitrogens with zero attached hydrogens (tertiary/aromatic N) is 3. The maximum absolute atomic E-state index is 12.8. The molecular weight excluding hydrogens is 269 g/mol. The standard InChI is InChI=1S/C16H12FN3O/c1-11-15(3-2-8-18-11)12-9-19-16(20-10-12)21-14-6-4-13(17)5-7-14/h2-10H,1H3. The molecule has 5 heteroatoms. The van der Waals surface area contributed by atoms with E-state index >= 15 is 0 Å². The van der Waals surface area contributed by atoms with Crippen LogP contribution in [-0.4, -0.2) is 15.0 Å². The van der Waals surface area contributed by atoms with E-state index < -0.39 is 0 Å². The van der Waals surface area contributed by atoms with Crippen molar-refractivity contribution in [3.05, 3.63) is 66.5 Å². The third kappa shape index (κ3) is 3.02. The average Bonchev–Trinajstić information content (AvgIpc) is 2.51. The third-order valence-corrected chi connectivity index (χ3v) is 2.97. The lowest BCUT2D eigenvalue weighted by molar-refractivity contribution is 0.440. The molecular formula is C16H12FN3O. The largest absolute Gasteiger partial charge is 0.424 e. The smallest absolute Gasteiger partial charge is 0.321 e. The van der Waals surface area contributed by atoms with Crippen molar-refractivity contribution in [3.63, 3.8) is 0 Å². The Morgan fingerprint density at radius 1 is 0.952 bits per heavy atom. The Morgan fingerprint density at radius 3 is 2.33 bits per heavy atom. The summed E-state index contributed by atoms with van der Waals surface area (Å²) in [7, 11) is 0. The second-order valence-electron chi connectivity index (χ2n) is 4.45. The number of hydrogen-bond acceptors (Lipinski definition) is 4. The molecule has 0 atom stereocenters. The first-order valence-corrected chi connectivity index (χ1v) is 6.40. The summed E-state index contributed by atoms with van der Waals surface area (Å²) in [5, 5.41) is 0. The lowest BCUT2D eigenvalue weighted by Crippen LogP contribution is -1.93. The van der Waals surface area contributed by atoms with Gasteiger partial charge in [0.25, 0.3) is 0 Å². The van der Waals surface area contributed by atoms with Crippen molar-refractivity contribution in [2.24, 2.45) is 0 Å². The summed E-state index contributed by atoms with van der Waals surface area (Å²) in [6.45, 7) is 1.93. The van der Waals surface area contributed by atoms with Crippen LogP contribution in [0.3, 0.4) is 0 Å². The second kappa shape index (κ2) is 5.66. The van der Waals surface area contributed by atoms with Gasteiger partial charge in [0.05, 0.1) is 0 Å². The van der Waals surface area contributed by atoms with Crippen LogP contribution in [0.25, 0.3) is 11.1 Å². The van der Waals surface area contributed by atoms with Crippen molar-refractivity contribution in [2.75, 3.05) is 0 Å². The molecule has 0 aliphatic heterocycles. The van der Waals surface area contributed by atoms with Crippen LogP contribution in [0.4, 0.5) is 4.39 Å². The molecule has 0 aliphatic carbocycles. The summed E-state index contributed by atoms with van der Waals surface area (Å²) < 4.78 is 18.3. The SMILES string of the molecule is Cc1ncccc1-c1cnc(Oc2ccc(F)cc2)nc1. The normalized spacial score (nSPS) is 10.4. The van der Waals surface area contributed by atoms with Crippen LogP contribution in [0.15, 0.2) is 55.0 Å². The highest BCUT2D eigenvalue weighted by molar-refractivity contribution is 5.63. The summed E-state index contributed by atoms with van der Waals surface area (Å²) >= 11 is 0. The van der Waals surface area contributed by atoms with E-state index in [0.29, 0.717) is 5.75 Å². The molecule has 21 heavy (non-hydrogen) atoms. The van der Waals surface area contributed by atoms with Crippen LogP contribution in [0, 0.1) is 12.7 Å². The van der Waals surface area contributed by atoms with Crippen molar-refractivity contribution < 1.29 is 9.13 Å². The van der Waals surface area contributed by atoms with E-state index in [4.69, 9.17) is 4.74 Å². The molecule has 0 saturated carbocycles. The van der Waals surface area contributed by atoms with E-state index in [2.05, 4.69) is 15.0 Å². The molecule has 0 radical (unpaired) electrons. The summed E-state index contributed by atoms with van der Waals surface area (Å²) in [5.74, 6) is 0.173. The molecule has 0 fully saturated rings. The molecule has 3 aromatic rings. The van der Waals surface area contributed by atoms with Crippen LogP contribution in [0.1, 0.15) is 5.69 Å². The quantitative estimate of drug-likeness (QED) is 0.733. The van der Waals surface area contributed by atoms with E-state index in [9.17, 15) is 4.39 Å². The number of ether oxygens (including phenoxy) is 1. The highest BCUT2D eigenvalue weighted by atomic mass is 19.1. The molecule has 2 aromatic heterocycles. The molecule has 0 N–H and O–H groups in total. The first-order valence-electron chi connectivity index (χ1n) is 6.40. The Kier molecular flexibility index (Phi) is 3.55. The zero-order chi connectivity index (χ0) is 14.7. The van der Waals surface area contributed by atoms with Gasteiger partial charge in [0.15, 0.2) is 0 Å². The Bertz CT molecular complexity index is 742. The predicted molar refractivity (Wildman–Crippen MR) is 76.5 cm³/mol.